The Morgan fingerprint density at radius 3 is 2.85 bits per heavy atom. The van der Waals surface area contributed by atoms with E-state index in [1.807, 2.05) is 6.07 Å². The molecule has 1 aromatic heterocycles. The lowest BCUT2D eigenvalue weighted by atomic mass is 9.96. The number of hydrogen-bond donors (Lipinski definition) is 0. The molecule has 0 unspecified atom stereocenters. The molecule has 1 amide bonds. The fourth-order valence-electron chi connectivity index (χ4n) is 2.98. The van der Waals surface area contributed by atoms with Gasteiger partial charge in [0.1, 0.15) is 11.3 Å². The summed E-state index contributed by atoms with van der Waals surface area (Å²) in [6.45, 7) is 1.66. The van der Waals surface area contributed by atoms with Gasteiger partial charge in [0.2, 0.25) is 0 Å². The van der Waals surface area contributed by atoms with Gasteiger partial charge in [-0.05, 0) is 24.1 Å². The number of aryl methyl sites for hydroxylation is 2. The number of fused-ring (bicyclic) bond motifs is 3. The third kappa shape index (κ3) is 3.54. The standard InChI is InChI=1S/C18H17ClN2O5/c1-25-5-2-6-26-17-7-11-3-4-21-10-13(18(23)20-24)16(22)9-15(21)12(11)8-14(17)19/h7-10H,2-6H2,1H3. The summed E-state index contributed by atoms with van der Waals surface area (Å²) >= 11 is 6.33. The number of methoxy groups -OCH3 is 1. The Hall–Kier alpha value is -2.51. The minimum atomic E-state index is -1.06. The fraction of sp³-hybridized carbons (Fsp3) is 0.333. The van der Waals surface area contributed by atoms with E-state index in [1.54, 1.807) is 17.7 Å². The molecule has 8 heteroatoms. The number of nitroso groups, excluding NO2 is 1. The van der Waals surface area contributed by atoms with E-state index < -0.39 is 11.3 Å². The Bertz CT molecular complexity index is 923. The molecule has 0 saturated heterocycles. The maximum Gasteiger partial charge on any atom is 0.322 e. The molecule has 136 valence electrons. The maximum atomic E-state index is 12.2. The van der Waals surface area contributed by atoms with Crippen molar-refractivity contribution in [2.75, 3.05) is 20.3 Å². The Morgan fingerprint density at radius 1 is 1.31 bits per heavy atom. The lowest BCUT2D eigenvalue weighted by molar-refractivity contribution is 0.0999. The van der Waals surface area contributed by atoms with E-state index in [0.717, 1.165) is 17.5 Å². The van der Waals surface area contributed by atoms with Crippen molar-refractivity contribution in [2.45, 2.75) is 19.4 Å². The molecule has 0 spiro atoms. The molecule has 1 aliphatic heterocycles. The maximum absolute atomic E-state index is 12.2. The molecule has 0 N–H and O–H groups in total. The van der Waals surface area contributed by atoms with Crippen molar-refractivity contribution in [1.82, 2.24) is 4.57 Å². The van der Waals surface area contributed by atoms with Crippen LogP contribution in [0.5, 0.6) is 5.75 Å². The molecule has 2 aromatic rings. The molecule has 0 fully saturated rings. The molecule has 1 aromatic carbocycles. The summed E-state index contributed by atoms with van der Waals surface area (Å²) in [6.07, 6.45) is 2.82. The van der Waals surface area contributed by atoms with E-state index >= 15 is 0 Å². The van der Waals surface area contributed by atoms with Gasteiger partial charge >= 0.3 is 5.91 Å². The van der Waals surface area contributed by atoms with Crippen LogP contribution in [0.1, 0.15) is 22.3 Å². The SMILES string of the molecule is COCCCOc1cc2c(cc1Cl)-c1cc(=O)c(C(=O)N=O)cn1CC2. The number of aromatic nitrogens is 1. The Balaban J connectivity index is 1.95. The van der Waals surface area contributed by atoms with Gasteiger partial charge in [0, 0.05) is 49.7 Å². The van der Waals surface area contributed by atoms with Crippen molar-refractivity contribution >= 4 is 17.5 Å². The van der Waals surface area contributed by atoms with Crippen LogP contribution in [-0.2, 0) is 17.7 Å². The second-order valence-corrected chi connectivity index (χ2v) is 6.32. The first-order valence-corrected chi connectivity index (χ1v) is 8.49. The van der Waals surface area contributed by atoms with E-state index in [-0.39, 0.29) is 5.56 Å². The van der Waals surface area contributed by atoms with Crippen LogP contribution >= 0.6 is 11.6 Å². The van der Waals surface area contributed by atoms with E-state index in [1.165, 1.54) is 12.3 Å². The number of amides is 1. The van der Waals surface area contributed by atoms with Gasteiger partial charge in [0.25, 0.3) is 0 Å². The molecule has 0 aliphatic carbocycles. The van der Waals surface area contributed by atoms with Gasteiger partial charge in [-0.2, -0.15) is 0 Å². The van der Waals surface area contributed by atoms with E-state index in [0.29, 0.717) is 42.6 Å². The lowest BCUT2D eigenvalue weighted by Gasteiger charge is -2.23. The number of pyridine rings is 1. The molecule has 7 nitrogen and oxygen atoms in total. The van der Waals surface area contributed by atoms with Crippen molar-refractivity contribution in [1.29, 1.82) is 0 Å². The first kappa shape index (κ1) is 18.3. The molecular weight excluding hydrogens is 360 g/mol. The van der Waals surface area contributed by atoms with Gasteiger partial charge in [-0.25, -0.2) is 0 Å². The van der Waals surface area contributed by atoms with Crippen molar-refractivity contribution in [2.24, 2.45) is 5.18 Å². The summed E-state index contributed by atoms with van der Waals surface area (Å²) in [6, 6.07) is 4.97. The van der Waals surface area contributed by atoms with Crippen LogP contribution in [0.3, 0.4) is 0 Å². The monoisotopic (exact) mass is 376 g/mol. The molecule has 0 saturated carbocycles. The smallest absolute Gasteiger partial charge is 0.322 e. The fourth-order valence-corrected chi connectivity index (χ4v) is 3.20. The highest BCUT2D eigenvalue weighted by molar-refractivity contribution is 6.32. The number of carbonyl (C=O) groups is 1. The third-order valence-electron chi connectivity index (χ3n) is 4.25. The molecule has 0 radical (unpaired) electrons. The van der Waals surface area contributed by atoms with E-state index in [9.17, 15) is 14.5 Å². The van der Waals surface area contributed by atoms with E-state index in [2.05, 4.69) is 5.18 Å². The van der Waals surface area contributed by atoms with Crippen molar-refractivity contribution in [3.8, 4) is 17.0 Å². The number of benzene rings is 1. The van der Waals surface area contributed by atoms with Crippen molar-refractivity contribution in [3.05, 3.63) is 55.7 Å². The van der Waals surface area contributed by atoms with Gasteiger partial charge in [-0.1, -0.05) is 11.6 Å². The van der Waals surface area contributed by atoms with Crippen molar-refractivity contribution in [3.63, 3.8) is 0 Å². The highest BCUT2D eigenvalue weighted by Gasteiger charge is 2.21. The average molecular weight is 377 g/mol. The predicted molar refractivity (Wildman–Crippen MR) is 97.0 cm³/mol. The lowest BCUT2D eigenvalue weighted by Crippen LogP contribution is -2.21. The second-order valence-electron chi connectivity index (χ2n) is 5.91. The highest BCUT2D eigenvalue weighted by atomic mass is 35.5. The first-order chi connectivity index (χ1) is 12.5. The normalized spacial score (nSPS) is 12.2. The minimum Gasteiger partial charge on any atom is -0.492 e. The number of carbonyl (C=O) groups excluding carboxylic acids is 1. The summed E-state index contributed by atoms with van der Waals surface area (Å²) in [5, 5.41) is 2.77. The summed E-state index contributed by atoms with van der Waals surface area (Å²) in [7, 11) is 1.63. The van der Waals surface area contributed by atoms with Crippen LogP contribution in [0.2, 0.25) is 5.02 Å². The summed E-state index contributed by atoms with van der Waals surface area (Å²) in [5.41, 5.74) is 1.69. The van der Waals surface area contributed by atoms with Gasteiger partial charge < -0.3 is 14.0 Å². The zero-order chi connectivity index (χ0) is 18.7. The summed E-state index contributed by atoms with van der Waals surface area (Å²) in [5.74, 6) is -0.469. The van der Waals surface area contributed by atoms with Crippen LogP contribution in [0.15, 0.2) is 34.4 Å². The van der Waals surface area contributed by atoms with Gasteiger partial charge in [0.05, 0.1) is 17.3 Å². The number of rotatable bonds is 6. The molecule has 3 rings (SSSR count). The zero-order valence-electron chi connectivity index (χ0n) is 14.2. The Morgan fingerprint density at radius 2 is 2.12 bits per heavy atom. The molecule has 2 heterocycles. The first-order valence-electron chi connectivity index (χ1n) is 8.12. The second kappa shape index (κ2) is 7.80. The van der Waals surface area contributed by atoms with Gasteiger partial charge in [-0.15, -0.1) is 4.91 Å². The Kier molecular flexibility index (Phi) is 5.49. The molecular formula is C18H17ClN2O5. The van der Waals surface area contributed by atoms with E-state index in [4.69, 9.17) is 21.1 Å². The Labute approximate surface area is 154 Å². The van der Waals surface area contributed by atoms with Crippen LogP contribution in [0, 0.1) is 4.91 Å². The molecule has 1 aliphatic rings. The zero-order valence-corrected chi connectivity index (χ0v) is 14.9. The van der Waals surface area contributed by atoms with Crippen molar-refractivity contribution < 1.29 is 14.3 Å². The number of nitrogens with zero attached hydrogens (tertiary/aromatic N) is 2. The van der Waals surface area contributed by atoms with Crippen LogP contribution < -0.4 is 10.2 Å². The predicted octanol–water partition coefficient (Wildman–Crippen LogP) is 3.05. The average Bonchev–Trinajstić information content (AvgIpc) is 2.64. The number of halogens is 1. The number of ether oxygens (including phenoxy) is 2. The van der Waals surface area contributed by atoms with Crippen LogP contribution in [0.25, 0.3) is 11.3 Å². The molecule has 0 bridgehead atoms. The quantitative estimate of drug-likeness (QED) is 0.571. The summed E-state index contributed by atoms with van der Waals surface area (Å²) < 4.78 is 12.5. The van der Waals surface area contributed by atoms with Crippen LogP contribution in [0.4, 0.5) is 0 Å². The molecule has 26 heavy (non-hydrogen) atoms. The topological polar surface area (TPSA) is 87.0 Å². The van der Waals surface area contributed by atoms with Gasteiger partial charge in [-0.3, -0.25) is 9.59 Å². The summed E-state index contributed by atoms with van der Waals surface area (Å²) in [4.78, 5) is 34.1. The minimum absolute atomic E-state index is 0.226. The van der Waals surface area contributed by atoms with Gasteiger partial charge in [0.15, 0.2) is 5.43 Å². The largest absolute Gasteiger partial charge is 0.492 e. The molecule has 0 atom stereocenters. The number of hydrogen-bond acceptors (Lipinski definition) is 5. The highest BCUT2D eigenvalue weighted by Crippen LogP contribution is 2.36. The third-order valence-corrected chi connectivity index (χ3v) is 4.54. The van der Waals surface area contributed by atoms with Crippen LogP contribution in [-0.4, -0.2) is 30.8 Å².